The first-order chi connectivity index (χ1) is 15.1. The Morgan fingerprint density at radius 3 is 2.56 bits per heavy atom. The third-order valence-corrected chi connectivity index (χ3v) is 10.8. The molecule has 11 atom stereocenters. The maximum Gasteiger partial charge on any atom is 0.220 e. The average Bonchev–Trinajstić information content (AvgIpc) is 3.11. The molecule has 4 rings (SSSR count). The number of aliphatic hydroxyl groups excluding tert-OH is 3. The molecule has 0 bridgehead atoms. The molecule has 1 amide bonds. The zero-order chi connectivity index (χ0) is 23.3. The summed E-state index contributed by atoms with van der Waals surface area (Å²) >= 11 is 0. The van der Waals surface area contributed by atoms with E-state index in [4.69, 9.17) is 5.73 Å². The minimum absolute atomic E-state index is 0.0624. The van der Waals surface area contributed by atoms with Crippen LogP contribution in [0.2, 0.25) is 0 Å². The predicted octanol–water partition coefficient (Wildman–Crippen LogP) is 2.44. The van der Waals surface area contributed by atoms with Gasteiger partial charge in [0, 0.05) is 19.5 Å². The van der Waals surface area contributed by atoms with Gasteiger partial charge in [-0.25, -0.2) is 0 Å². The van der Waals surface area contributed by atoms with Crippen LogP contribution in [-0.2, 0) is 4.79 Å². The standard InChI is InChI=1S/C26H46N2O4/c1-15(4-7-23(32)28-11-10-27)18-5-6-19-24-20(14-22(31)26(18,19)3)25(2)9-8-17(29)12-16(25)13-21(24)30/h15-22,24,29-31H,4-14,27H2,1-3H3,(H,28,32)/t15-,16+,17-,18-,19+,20?,21-,22+,24+,25+,26-/m1/s1. The zero-order valence-electron chi connectivity index (χ0n) is 20.3. The van der Waals surface area contributed by atoms with E-state index < -0.39 is 0 Å². The summed E-state index contributed by atoms with van der Waals surface area (Å²) in [4.78, 5) is 12.1. The Balaban J connectivity index is 1.51. The molecule has 0 radical (unpaired) electrons. The molecule has 6 N–H and O–H groups in total. The number of nitrogens with one attached hydrogen (secondary N) is 1. The highest BCUT2D eigenvalue weighted by molar-refractivity contribution is 5.75. The van der Waals surface area contributed by atoms with Crippen molar-refractivity contribution in [1.29, 1.82) is 0 Å². The van der Waals surface area contributed by atoms with Gasteiger partial charge in [-0.05, 0) is 97.7 Å². The van der Waals surface area contributed by atoms with Crippen LogP contribution in [-0.4, -0.2) is 52.6 Å². The lowest BCUT2D eigenvalue weighted by Gasteiger charge is -2.63. The first kappa shape index (κ1) is 24.4. The van der Waals surface area contributed by atoms with Crippen LogP contribution in [0.15, 0.2) is 0 Å². The summed E-state index contributed by atoms with van der Waals surface area (Å²) < 4.78 is 0. The van der Waals surface area contributed by atoms with Crippen LogP contribution in [0.3, 0.4) is 0 Å². The fourth-order valence-electron chi connectivity index (χ4n) is 8.99. The summed E-state index contributed by atoms with van der Waals surface area (Å²) in [6, 6.07) is 0. The Bertz CT molecular complexity index is 689. The van der Waals surface area contributed by atoms with Crippen molar-refractivity contribution in [2.45, 2.75) is 96.9 Å². The Labute approximate surface area is 193 Å². The fourth-order valence-corrected chi connectivity index (χ4v) is 8.99. The summed E-state index contributed by atoms with van der Waals surface area (Å²) in [5, 5.41) is 36.1. The predicted molar refractivity (Wildman–Crippen MR) is 124 cm³/mol. The van der Waals surface area contributed by atoms with Crippen molar-refractivity contribution in [1.82, 2.24) is 5.32 Å². The van der Waals surface area contributed by atoms with Gasteiger partial charge in [0.1, 0.15) is 0 Å². The van der Waals surface area contributed by atoms with E-state index in [1.807, 2.05) is 0 Å². The molecule has 0 saturated heterocycles. The van der Waals surface area contributed by atoms with E-state index in [1.165, 1.54) is 0 Å². The molecule has 4 aliphatic carbocycles. The number of aliphatic hydroxyl groups is 3. The van der Waals surface area contributed by atoms with Crippen molar-refractivity contribution >= 4 is 5.91 Å². The normalized spacial score (nSPS) is 49.0. The molecule has 0 aromatic rings. The van der Waals surface area contributed by atoms with Gasteiger partial charge in [0.25, 0.3) is 0 Å². The maximum absolute atomic E-state index is 12.1. The lowest BCUT2D eigenvalue weighted by Crippen LogP contribution is -2.62. The maximum atomic E-state index is 12.1. The van der Waals surface area contributed by atoms with Crippen LogP contribution < -0.4 is 11.1 Å². The number of hydrogen-bond acceptors (Lipinski definition) is 5. The molecule has 6 nitrogen and oxygen atoms in total. The second-order valence-corrected chi connectivity index (χ2v) is 12.2. The summed E-state index contributed by atoms with van der Waals surface area (Å²) in [5.41, 5.74) is 5.39. The Morgan fingerprint density at radius 2 is 1.84 bits per heavy atom. The molecule has 0 aliphatic heterocycles. The Morgan fingerprint density at radius 1 is 1.09 bits per heavy atom. The van der Waals surface area contributed by atoms with Crippen LogP contribution in [0.5, 0.6) is 0 Å². The first-order valence-electron chi connectivity index (χ1n) is 13.1. The topological polar surface area (TPSA) is 116 Å². The van der Waals surface area contributed by atoms with Gasteiger partial charge in [0.15, 0.2) is 0 Å². The molecule has 4 saturated carbocycles. The van der Waals surface area contributed by atoms with E-state index in [0.29, 0.717) is 49.1 Å². The molecule has 4 fully saturated rings. The number of amides is 1. The summed E-state index contributed by atoms with van der Waals surface area (Å²) in [7, 11) is 0. The molecule has 0 spiro atoms. The Hall–Kier alpha value is -0.690. The summed E-state index contributed by atoms with van der Waals surface area (Å²) in [6.45, 7) is 7.86. The van der Waals surface area contributed by atoms with Crippen LogP contribution >= 0.6 is 0 Å². The van der Waals surface area contributed by atoms with Crippen LogP contribution in [0, 0.1) is 46.3 Å². The number of carbonyl (C=O) groups is 1. The molecule has 4 aliphatic rings. The van der Waals surface area contributed by atoms with E-state index in [0.717, 1.165) is 51.4 Å². The third kappa shape index (κ3) is 3.93. The van der Waals surface area contributed by atoms with Crippen molar-refractivity contribution in [2.24, 2.45) is 52.1 Å². The van der Waals surface area contributed by atoms with Crippen molar-refractivity contribution in [2.75, 3.05) is 13.1 Å². The quantitative estimate of drug-likeness (QED) is 0.426. The number of fused-ring (bicyclic) bond motifs is 5. The first-order valence-corrected chi connectivity index (χ1v) is 13.1. The summed E-state index contributed by atoms with van der Waals surface area (Å²) in [6.07, 6.45) is 6.70. The molecule has 1 unspecified atom stereocenters. The lowest BCUT2D eigenvalue weighted by atomic mass is 9.43. The summed E-state index contributed by atoms with van der Waals surface area (Å²) in [5.74, 6) is 2.03. The molecule has 32 heavy (non-hydrogen) atoms. The smallest absolute Gasteiger partial charge is 0.220 e. The monoisotopic (exact) mass is 450 g/mol. The fraction of sp³-hybridized carbons (Fsp3) is 0.962. The van der Waals surface area contributed by atoms with Crippen LogP contribution in [0.1, 0.15) is 78.6 Å². The highest BCUT2D eigenvalue weighted by atomic mass is 16.3. The second-order valence-electron chi connectivity index (χ2n) is 12.2. The minimum atomic E-state index is -0.371. The van der Waals surface area contributed by atoms with Crippen molar-refractivity contribution in [3.63, 3.8) is 0 Å². The highest BCUT2D eigenvalue weighted by Gasteiger charge is 2.65. The number of hydrogen-bond donors (Lipinski definition) is 5. The van der Waals surface area contributed by atoms with Crippen molar-refractivity contribution in [3.05, 3.63) is 0 Å². The van der Waals surface area contributed by atoms with E-state index in [1.54, 1.807) is 0 Å². The van der Waals surface area contributed by atoms with Gasteiger partial charge in [0.2, 0.25) is 5.91 Å². The van der Waals surface area contributed by atoms with E-state index >= 15 is 0 Å². The van der Waals surface area contributed by atoms with Gasteiger partial charge >= 0.3 is 0 Å². The number of carbonyl (C=O) groups excluding carboxylic acids is 1. The van der Waals surface area contributed by atoms with Gasteiger partial charge in [-0.15, -0.1) is 0 Å². The molecule has 6 heteroatoms. The third-order valence-electron chi connectivity index (χ3n) is 10.8. The highest BCUT2D eigenvalue weighted by Crippen LogP contribution is 2.68. The molecule has 0 heterocycles. The van der Waals surface area contributed by atoms with Crippen LogP contribution in [0.4, 0.5) is 0 Å². The molecule has 0 aromatic heterocycles. The van der Waals surface area contributed by atoms with Crippen molar-refractivity contribution in [3.8, 4) is 0 Å². The van der Waals surface area contributed by atoms with E-state index in [9.17, 15) is 20.1 Å². The van der Waals surface area contributed by atoms with Gasteiger partial charge in [-0.1, -0.05) is 20.8 Å². The SMILES string of the molecule is C[C@H](CCC(=O)NCCN)[C@H]1CC[C@H]2[C@H]3C(C[C@H](O)[C@]12C)[C@@]1(C)CC[C@@H](O)C[C@H]1C[C@H]3O. The van der Waals surface area contributed by atoms with Gasteiger partial charge < -0.3 is 26.4 Å². The number of rotatable bonds is 6. The van der Waals surface area contributed by atoms with Gasteiger partial charge in [0.05, 0.1) is 18.3 Å². The lowest BCUT2D eigenvalue weighted by molar-refractivity contribution is -0.207. The minimum Gasteiger partial charge on any atom is -0.393 e. The molecule has 184 valence electrons. The van der Waals surface area contributed by atoms with E-state index in [2.05, 4.69) is 26.1 Å². The largest absolute Gasteiger partial charge is 0.393 e. The van der Waals surface area contributed by atoms with E-state index in [-0.39, 0.29) is 41.0 Å². The van der Waals surface area contributed by atoms with Crippen molar-refractivity contribution < 1.29 is 20.1 Å². The zero-order valence-corrected chi connectivity index (χ0v) is 20.3. The van der Waals surface area contributed by atoms with Gasteiger partial charge in [-0.2, -0.15) is 0 Å². The molecular weight excluding hydrogens is 404 g/mol. The Kier molecular flexibility index (Phi) is 7.00. The molecular formula is C26H46N2O4. The average molecular weight is 451 g/mol. The molecule has 0 aromatic carbocycles. The van der Waals surface area contributed by atoms with Crippen LogP contribution in [0.25, 0.3) is 0 Å². The number of nitrogens with two attached hydrogens (primary N) is 1. The second kappa shape index (κ2) is 9.16. The van der Waals surface area contributed by atoms with Gasteiger partial charge in [-0.3, -0.25) is 4.79 Å².